The van der Waals surface area contributed by atoms with Crippen molar-refractivity contribution in [2.75, 3.05) is 79.6 Å². The molecule has 3 fully saturated rings. The highest BCUT2D eigenvalue weighted by atomic mass is 16.5. The lowest BCUT2D eigenvalue weighted by Gasteiger charge is -2.34. The summed E-state index contributed by atoms with van der Waals surface area (Å²) >= 11 is 0. The minimum atomic E-state index is -0.293. The summed E-state index contributed by atoms with van der Waals surface area (Å²) in [5.74, 6) is 2.39. The quantitative estimate of drug-likeness (QED) is 0.416. The zero-order chi connectivity index (χ0) is 28.0. The Morgan fingerprint density at radius 1 is 0.854 bits per heavy atom. The number of piperazine rings is 1. The lowest BCUT2D eigenvalue weighted by Crippen LogP contribution is -2.44. The molecule has 11 heteroatoms. The first kappa shape index (κ1) is 27.4. The smallest absolute Gasteiger partial charge is 0.323 e. The molecule has 0 unspecified atom stereocenters. The van der Waals surface area contributed by atoms with E-state index in [-0.39, 0.29) is 18.0 Å². The van der Waals surface area contributed by atoms with E-state index in [9.17, 15) is 4.79 Å². The van der Waals surface area contributed by atoms with Crippen LogP contribution in [0.4, 0.5) is 27.8 Å². The molecule has 41 heavy (non-hydrogen) atoms. The van der Waals surface area contributed by atoms with Gasteiger partial charge in [0.05, 0.1) is 19.3 Å². The molecule has 3 saturated heterocycles. The fraction of sp³-hybridized carbons (Fsp3) is 0.467. The summed E-state index contributed by atoms with van der Waals surface area (Å²) in [6.45, 7) is 9.56. The lowest BCUT2D eigenvalue weighted by atomic mass is 9.99. The summed E-state index contributed by atoms with van der Waals surface area (Å²) in [5.41, 5.74) is 3.47. The minimum Gasteiger partial charge on any atom is -0.381 e. The molecule has 2 aromatic carbocycles. The van der Waals surface area contributed by atoms with Gasteiger partial charge >= 0.3 is 6.03 Å². The molecule has 0 radical (unpaired) electrons. The second-order valence-electron chi connectivity index (χ2n) is 10.8. The second kappa shape index (κ2) is 12.8. The Morgan fingerprint density at radius 2 is 1.54 bits per heavy atom. The van der Waals surface area contributed by atoms with Crippen LogP contribution in [0.2, 0.25) is 0 Å². The third-order valence-corrected chi connectivity index (χ3v) is 7.86. The first-order chi connectivity index (χ1) is 20.1. The number of anilines is 4. The van der Waals surface area contributed by atoms with Crippen LogP contribution in [0.3, 0.4) is 0 Å². The monoisotopic (exact) mass is 558 g/mol. The predicted octanol–water partition coefficient (Wildman–Crippen LogP) is 3.71. The maximum absolute atomic E-state index is 12.7. The Kier molecular flexibility index (Phi) is 8.54. The fourth-order valence-corrected chi connectivity index (χ4v) is 5.48. The van der Waals surface area contributed by atoms with E-state index in [0.717, 1.165) is 81.5 Å². The number of hydrogen-bond acceptors (Lipinski definition) is 9. The summed E-state index contributed by atoms with van der Waals surface area (Å²) < 4.78 is 11.2. The molecule has 0 saturated carbocycles. The summed E-state index contributed by atoms with van der Waals surface area (Å²) in [6, 6.07) is 15.5. The average molecular weight is 559 g/mol. The highest BCUT2D eigenvalue weighted by Crippen LogP contribution is 2.29. The van der Waals surface area contributed by atoms with Crippen LogP contribution in [0.15, 0.2) is 48.5 Å². The molecule has 6 rings (SSSR count). The number of aromatic nitrogens is 3. The van der Waals surface area contributed by atoms with Crippen molar-refractivity contribution in [3.8, 4) is 11.4 Å². The van der Waals surface area contributed by atoms with Crippen LogP contribution in [-0.2, 0) is 9.47 Å². The van der Waals surface area contributed by atoms with Gasteiger partial charge in [-0.15, -0.1) is 0 Å². The van der Waals surface area contributed by atoms with Crippen LogP contribution in [0.25, 0.3) is 11.4 Å². The Hall–Kier alpha value is -3.80. The maximum atomic E-state index is 12.7. The second-order valence-corrected chi connectivity index (χ2v) is 10.8. The van der Waals surface area contributed by atoms with E-state index in [0.29, 0.717) is 30.7 Å². The molecule has 1 atom stereocenters. The zero-order valence-corrected chi connectivity index (χ0v) is 23.5. The van der Waals surface area contributed by atoms with Crippen LogP contribution in [-0.4, -0.2) is 86.2 Å². The van der Waals surface area contributed by atoms with Crippen LogP contribution < -0.4 is 25.8 Å². The number of morpholine rings is 1. The topological polar surface area (TPSA) is 117 Å². The number of amides is 2. The molecular weight excluding hydrogens is 520 g/mol. The molecule has 0 aliphatic carbocycles. The van der Waals surface area contributed by atoms with Crippen molar-refractivity contribution < 1.29 is 14.3 Å². The molecule has 216 valence electrons. The van der Waals surface area contributed by atoms with Crippen LogP contribution in [0.1, 0.15) is 31.5 Å². The van der Waals surface area contributed by atoms with Gasteiger partial charge in [0.15, 0.2) is 5.82 Å². The van der Waals surface area contributed by atoms with Gasteiger partial charge in [0.2, 0.25) is 5.95 Å². The number of benzene rings is 2. The molecule has 0 spiro atoms. The van der Waals surface area contributed by atoms with Crippen molar-refractivity contribution in [3.63, 3.8) is 0 Å². The van der Waals surface area contributed by atoms with E-state index in [2.05, 4.69) is 32.7 Å². The number of nitrogens with zero attached hydrogens (tertiary/aromatic N) is 5. The maximum Gasteiger partial charge on any atom is 0.323 e. The number of hydrogen-bond donors (Lipinski definition) is 3. The molecule has 1 aromatic heterocycles. The summed E-state index contributed by atoms with van der Waals surface area (Å²) in [7, 11) is 0. The summed E-state index contributed by atoms with van der Waals surface area (Å²) in [6.07, 6.45) is 1.80. The molecule has 3 aromatic rings. The van der Waals surface area contributed by atoms with Crippen LogP contribution in [0.5, 0.6) is 0 Å². The van der Waals surface area contributed by atoms with Gasteiger partial charge in [-0.25, -0.2) is 9.78 Å². The van der Waals surface area contributed by atoms with E-state index >= 15 is 0 Å². The Morgan fingerprint density at radius 3 is 2.22 bits per heavy atom. The Labute approximate surface area is 240 Å². The van der Waals surface area contributed by atoms with Crippen LogP contribution >= 0.6 is 0 Å². The van der Waals surface area contributed by atoms with Crippen molar-refractivity contribution in [1.29, 1.82) is 0 Å². The molecule has 11 nitrogen and oxygen atoms in total. The summed E-state index contributed by atoms with van der Waals surface area (Å²) in [5, 5.41) is 9.20. The minimum absolute atomic E-state index is 0.185. The van der Waals surface area contributed by atoms with Gasteiger partial charge in [-0.3, -0.25) is 0 Å². The number of carbonyl (C=O) groups excluding carboxylic acids is 1. The van der Waals surface area contributed by atoms with Gasteiger partial charge in [0.1, 0.15) is 5.82 Å². The highest BCUT2D eigenvalue weighted by Gasteiger charge is 2.26. The van der Waals surface area contributed by atoms with Gasteiger partial charge in [0, 0.05) is 74.5 Å². The zero-order valence-electron chi connectivity index (χ0n) is 23.5. The van der Waals surface area contributed by atoms with Gasteiger partial charge in [-0.05, 0) is 68.3 Å². The number of nitrogens with one attached hydrogen (secondary N) is 3. The van der Waals surface area contributed by atoms with Crippen LogP contribution in [0, 0.1) is 0 Å². The fourth-order valence-electron chi connectivity index (χ4n) is 5.48. The van der Waals surface area contributed by atoms with E-state index < -0.39 is 0 Å². The number of ether oxygens (including phenoxy) is 2. The molecular formula is C30H38N8O3. The summed E-state index contributed by atoms with van der Waals surface area (Å²) in [4.78, 5) is 31.9. The van der Waals surface area contributed by atoms with Crippen molar-refractivity contribution in [3.05, 3.63) is 54.4 Å². The van der Waals surface area contributed by atoms with Crippen molar-refractivity contribution in [2.45, 2.75) is 31.7 Å². The van der Waals surface area contributed by atoms with Crippen molar-refractivity contribution in [1.82, 2.24) is 20.3 Å². The molecule has 4 heterocycles. The molecule has 0 bridgehead atoms. The first-order valence-corrected chi connectivity index (χ1v) is 14.5. The first-order valence-electron chi connectivity index (χ1n) is 14.5. The van der Waals surface area contributed by atoms with E-state index in [1.807, 2.05) is 48.5 Å². The number of rotatable bonds is 6. The van der Waals surface area contributed by atoms with Gasteiger partial charge in [0.25, 0.3) is 0 Å². The third-order valence-electron chi connectivity index (χ3n) is 7.86. The normalized spacial score (nSPS) is 20.1. The van der Waals surface area contributed by atoms with Gasteiger partial charge in [-0.1, -0.05) is 0 Å². The molecule has 3 N–H and O–H groups in total. The Bertz CT molecular complexity index is 1310. The molecule has 3 aliphatic heterocycles. The predicted molar refractivity (Wildman–Crippen MR) is 160 cm³/mol. The number of carbonyl (C=O) groups is 1. The van der Waals surface area contributed by atoms with Gasteiger partial charge in [-0.2, -0.15) is 9.97 Å². The SMILES string of the molecule is C[C@@H]1COCCN1c1nc(-c2ccc(NC(=O)Nc3ccc(N4CCNCC4)cc3)cc2)nc(C2CCOCC2)n1. The highest BCUT2D eigenvalue weighted by molar-refractivity contribution is 5.99. The molecule has 3 aliphatic rings. The van der Waals surface area contributed by atoms with E-state index in [4.69, 9.17) is 24.4 Å². The Balaban J connectivity index is 1.14. The largest absolute Gasteiger partial charge is 0.381 e. The van der Waals surface area contributed by atoms with Gasteiger partial charge < -0.3 is 35.2 Å². The van der Waals surface area contributed by atoms with Crippen molar-refractivity contribution in [2.24, 2.45) is 0 Å². The van der Waals surface area contributed by atoms with E-state index in [1.165, 1.54) is 0 Å². The number of urea groups is 1. The average Bonchev–Trinajstić information content (AvgIpc) is 3.02. The van der Waals surface area contributed by atoms with E-state index in [1.54, 1.807) is 0 Å². The lowest BCUT2D eigenvalue weighted by molar-refractivity contribution is 0.0834. The molecule has 2 amide bonds. The van der Waals surface area contributed by atoms with Crippen molar-refractivity contribution >= 4 is 29.0 Å². The standard InChI is InChI=1S/C30H38N8O3/c1-21-20-41-19-16-38(21)29-35-27(34-28(36-29)23-10-17-40-18-11-23)22-2-4-24(5-3-22)32-30(39)33-25-6-8-26(9-7-25)37-14-12-31-13-15-37/h2-9,21,23,31H,10-20H2,1H3,(H2,32,33,39)/t21-/m1/s1. The third kappa shape index (κ3) is 6.75.